The smallest absolute Gasteiger partial charge is 0.248 e. The Balaban J connectivity index is 1.93. The predicted molar refractivity (Wildman–Crippen MR) is 79.6 cm³/mol. The summed E-state index contributed by atoms with van der Waals surface area (Å²) in [6.45, 7) is 0. The third kappa shape index (κ3) is 1.99. The van der Waals surface area contributed by atoms with Crippen LogP contribution < -0.4 is 5.32 Å². The van der Waals surface area contributed by atoms with Gasteiger partial charge in [-0.05, 0) is 41.0 Å². The Morgan fingerprint density at radius 3 is 3.10 bits per heavy atom. The standard InChI is InChI=1S/C14H12BrN5O/c15-9-4-1-3-8(7-9)13-12-10(5-2-6-11(12)21)16-14-17-18-19-20(13)14/h1,3-4,7,13H,2,5-6H2,(H,16,17,19)/t13-/m1/s1. The summed E-state index contributed by atoms with van der Waals surface area (Å²) in [5, 5.41) is 15.0. The summed E-state index contributed by atoms with van der Waals surface area (Å²) in [6.07, 6.45) is 2.32. The number of tetrazole rings is 1. The minimum absolute atomic E-state index is 0.176. The van der Waals surface area contributed by atoms with Crippen LogP contribution >= 0.6 is 15.9 Å². The Morgan fingerprint density at radius 1 is 1.33 bits per heavy atom. The highest BCUT2D eigenvalue weighted by atomic mass is 79.9. The van der Waals surface area contributed by atoms with Crippen LogP contribution in [0.25, 0.3) is 0 Å². The Kier molecular flexibility index (Phi) is 2.88. The second-order valence-corrected chi connectivity index (χ2v) is 6.11. The zero-order valence-corrected chi connectivity index (χ0v) is 12.7. The van der Waals surface area contributed by atoms with Gasteiger partial charge in [-0.25, -0.2) is 0 Å². The van der Waals surface area contributed by atoms with Gasteiger partial charge in [0.1, 0.15) is 6.04 Å². The number of benzene rings is 1. The van der Waals surface area contributed by atoms with Crippen LogP contribution in [0.2, 0.25) is 0 Å². The van der Waals surface area contributed by atoms with E-state index in [-0.39, 0.29) is 11.8 Å². The number of halogens is 1. The summed E-state index contributed by atoms with van der Waals surface area (Å²) in [5.41, 5.74) is 2.75. The minimum Gasteiger partial charge on any atom is -0.326 e. The van der Waals surface area contributed by atoms with Gasteiger partial charge < -0.3 is 5.32 Å². The summed E-state index contributed by atoms with van der Waals surface area (Å²) in [4.78, 5) is 12.4. The van der Waals surface area contributed by atoms with Crippen molar-refractivity contribution in [1.82, 2.24) is 20.2 Å². The van der Waals surface area contributed by atoms with Gasteiger partial charge in [-0.1, -0.05) is 33.2 Å². The normalized spacial score (nSPS) is 20.8. The molecule has 0 saturated carbocycles. The van der Waals surface area contributed by atoms with E-state index in [2.05, 4.69) is 36.8 Å². The molecule has 1 atom stereocenters. The summed E-state index contributed by atoms with van der Waals surface area (Å²) in [5.74, 6) is 0.767. The topological polar surface area (TPSA) is 72.7 Å². The van der Waals surface area contributed by atoms with Gasteiger partial charge >= 0.3 is 0 Å². The highest BCUT2D eigenvalue weighted by Crippen LogP contribution is 2.39. The van der Waals surface area contributed by atoms with E-state index in [1.54, 1.807) is 4.68 Å². The number of anilines is 1. The molecule has 106 valence electrons. The molecule has 0 radical (unpaired) electrons. The molecule has 0 bridgehead atoms. The maximum absolute atomic E-state index is 12.4. The van der Waals surface area contributed by atoms with Crippen LogP contribution in [-0.2, 0) is 4.79 Å². The van der Waals surface area contributed by atoms with Crippen molar-refractivity contribution in [3.63, 3.8) is 0 Å². The predicted octanol–water partition coefficient (Wildman–Crippen LogP) is 2.46. The van der Waals surface area contributed by atoms with Gasteiger partial charge in [0, 0.05) is 22.2 Å². The number of rotatable bonds is 1. The lowest BCUT2D eigenvalue weighted by atomic mass is 9.85. The number of carbonyl (C=O) groups is 1. The summed E-state index contributed by atoms with van der Waals surface area (Å²) >= 11 is 3.49. The molecule has 0 saturated heterocycles. The quantitative estimate of drug-likeness (QED) is 0.859. The van der Waals surface area contributed by atoms with Crippen molar-refractivity contribution in [3.8, 4) is 0 Å². The second-order valence-electron chi connectivity index (χ2n) is 5.20. The lowest BCUT2D eigenvalue weighted by Gasteiger charge is -2.31. The summed E-state index contributed by atoms with van der Waals surface area (Å²) in [6, 6.07) is 7.67. The van der Waals surface area contributed by atoms with Crippen molar-refractivity contribution in [2.24, 2.45) is 0 Å². The highest BCUT2D eigenvalue weighted by Gasteiger charge is 2.36. The average Bonchev–Trinajstić information content (AvgIpc) is 2.93. The number of hydrogen-bond acceptors (Lipinski definition) is 5. The third-order valence-electron chi connectivity index (χ3n) is 3.89. The van der Waals surface area contributed by atoms with E-state index in [0.29, 0.717) is 12.4 Å². The zero-order valence-electron chi connectivity index (χ0n) is 11.1. The monoisotopic (exact) mass is 345 g/mol. The Hall–Kier alpha value is -2.02. The molecule has 2 aromatic rings. The third-order valence-corrected chi connectivity index (χ3v) is 4.39. The molecule has 4 rings (SSSR count). The maximum atomic E-state index is 12.4. The molecular formula is C14H12BrN5O. The number of aromatic nitrogens is 4. The van der Waals surface area contributed by atoms with Crippen LogP contribution in [-0.4, -0.2) is 26.0 Å². The van der Waals surface area contributed by atoms with Crippen molar-refractivity contribution >= 4 is 27.7 Å². The van der Waals surface area contributed by atoms with Crippen LogP contribution in [0.1, 0.15) is 30.9 Å². The molecule has 7 heteroatoms. The van der Waals surface area contributed by atoms with E-state index in [1.165, 1.54) is 0 Å². The minimum atomic E-state index is -0.253. The van der Waals surface area contributed by atoms with Gasteiger partial charge in [0.25, 0.3) is 0 Å². The lowest BCUT2D eigenvalue weighted by molar-refractivity contribution is -0.116. The van der Waals surface area contributed by atoms with Crippen LogP contribution in [0, 0.1) is 0 Å². The van der Waals surface area contributed by atoms with E-state index < -0.39 is 0 Å². The first kappa shape index (κ1) is 12.7. The Bertz CT molecular complexity index is 766. The number of fused-ring (bicyclic) bond motifs is 1. The van der Waals surface area contributed by atoms with Gasteiger partial charge in [0.15, 0.2) is 5.78 Å². The van der Waals surface area contributed by atoms with E-state index in [0.717, 1.165) is 34.1 Å². The molecule has 1 aliphatic carbocycles. The largest absolute Gasteiger partial charge is 0.326 e. The fraction of sp³-hybridized carbons (Fsp3) is 0.286. The van der Waals surface area contributed by atoms with Crippen LogP contribution in [0.15, 0.2) is 40.0 Å². The number of allylic oxidation sites excluding steroid dienone is 2. The molecule has 0 fully saturated rings. The van der Waals surface area contributed by atoms with Crippen molar-refractivity contribution in [2.45, 2.75) is 25.3 Å². The number of nitrogens with zero attached hydrogens (tertiary/aromatic N) is 4. The number of hydrogen-bond donors (Lipinski definition) is 1. The fourth-order valence-corrected chi connectivity index (χ4v) is 3.42. The molecule has 21 heavy (non-hydrogen) atoms. The maximum Gasteiger partial charge on any atom is 0.248 e. The van der Waals surface area contributed by atoms with E-state index in [1.807, 2.05) is 24.3 Å². The summed E-state index contributed by atoms with van der Waals surface area (Å²) in [7, 11) is 0. The average molecular weight is 346 g/mol. The SMILES string of the molecule is O=C1CCCC2=C1[C@@H](c1cccc(Br)c1)n1nnnc1N2. The van der Waals surface area contributed by atoms with Crippen molar-refractivity contribution < 1.29 is 4.79 Å². The first-order chi connectivity index (χ1) is 10.2. The molecule has 1 aromatic heterocycles. The van der Waals surface area contributed by atoms with Gasteiger partial charge in [-0.3, -0.25) is 4.79 Å². The molecule has 0 spiro atoms. The molecule has 2 heterocycles. The van der Waals surface area contributed by atoms with Crippen LogP contribution in [0.3, 0.4) is 0 Å². The Morgan fingerprint density at radius 2 is 2.24 bits per heavy atom. The molecule has 1 N–H and O–H groups in total. The Labute approximate surface area is 129 Å². The molecule has 2 aliphatic rings. The number of nitrogens with one attached hydrogen (secondary N) is 1. The van der Waals surface area contributed by atoms with Gasteiger partial charge in [-0.2, -0.15) is 4.68 Å². The van der Waals surface area contributed by atoms with Gasteiger partial charge in [0.2, 0.25) is 5.95 Å². The van der Waals surface area contributed by atoms with Gasteiger partial charge in [-0.15, -0.1) is 0 Å². The molecule has 0 unspecified atom stereocenters. The lowest BCUT2D eigenvalue weighted by Crippen LogP contribution is -2.31. The van der Waals surface area contributed by atoms with Crippen LogP contribution in [0.5, 0.6) is 0 Å². The first-order valence-corrected chi connectivity index (χ1v) is 7.60. The molecule has 6 nitrogen and oxygen atoms in total. The van der Waals surface area contributed by atoms with E-state index in [4.69, 9.17) is 0 Å². The van der Waals surface area contributed by atoms with E-state index in [9.17, 15) is 4.79 Å². The van der Waals surface area contributed by atoms with Crippen molar-refractivity contribution in [3.05, 3.63) is 45.6 Å². The summed E-state index contributed by atoms with van der Waals surface area (Å²) < 4.78 is 2.66. The molecule has 1 aromatic carbocycles. The number of ketones is 1. The second kappa shape index (κ2) is 4.77. The number of Topliss-reactive ketones (excluding diaryl/α,β-unsaturated/α-hetero) is 1. The number of carbonyl (C=O) groups excluding carboxylic acids is 1. The molecule has 0 amide bonds. The fourth-order valence-electron chi connectivity index (χ4n) is 3.00. The molecular weight excluding hydrogens is 334 g/mol. The van der Waals surface area contributed by atoms with Crippen molar-refractivity contribution in [2.75, 3.05) is 5.32 Å². The first-order valence-electron chi connectivity index (χ1n) is 6.80. The molecule has 1 aliphatic heterocycles. The van der Waals surface area contributed by atoms with E-state index >= 15 is 0 Å². The van der Waals surface area contributed by atoms with Crippen molar-refractivity contribution in [1.29, 1.82) is 0 Å². The zero-order chi connectivity index (χ0) is 14.4. The highest BCUT2D eigenvalue weighted by molar-refractivity contribution is 9.10. The van der Waals surface area contributed by atoms with Crippen LogP contribution in [0.4, 0.5) is 5.95 Å². The van der Waals surface area contributed by atoms with Gasteiger partial charge in [0.05, 0.1) is 0 Å².